The SMILES string of the molecule is CC(C)(C#N)N1CCN(c2ncnc3nc[nH]c23)CC1. The molecular weight excluding hydrogens is 254 g/mol. The van der Waals surface area contributed by atoms with Gasteiger partial charge < -0.3 is 9.88 Å². The Balaban J connectivity index is 1.79. The second kappa shape index (κ2) is 4.72. The van der Waals surface area contributed by atoms with Crippen molar-refractivity contribution < 1.29 is 0 Å². The first-order valence-electron chi connectivity index (χ1n) is 6.67. The highest BCUT2D eigenvalue weighted by Gasteiger charge is 2.30. The van der Waals surface area contributed by atoms with Gasteiger partial charge in [-0.15, -0.1) is 0 Å². The highest BCUT2D eigenvalue weighted by Crippen LogP contribution is 2.23. The number of fused-ring (bicyclic) bond motifs is 1. The molecule has 0 aliphatic carbocycles. The quantitative estimate of drug-likeness (QED) is 0.868. The monoisotopic (exact) mass is 271 g/mol. The van der Waals surface area contributed by atoms with Crippen molar-refractivity contribution in [2.24, 2.45) is 0 Å². The number of hydrogen-bond donors (Lipinski definition) is 1. The second-order valence-electron chi connectivity index (χ2n) is 5.44. The Morgan fingerprint density at radius 3 is 2.65 bits per heavy atom. The van der Waals surface area contributed by atoms with Gasteiger partial charge >= 0.3 is 0 Å². The van der Waals surface area contributed by atoms with E-state index in [1.807, 2.05) is 13.8 Å². The Bertz CT molecular complexity index is 646. The van der Waals surface area contributed by atoms with E-state index in [0.717, 1.165) is 37.5 Å². The van der Waals surface area contributed by atoms with Crippen LogP contribution in [0.25, 0.3) is 11.2 Å². The van der Waals surface area contributed by atoms with Crippen LogP contribution in [0.3, 0.4) is 0 Å². The molecule has 1 aliphatic heterocycles. The first kappa shape index (κ1) is 12.8. The molecule has 0 bridgehead atoms. The van der Waals surface area contributed by atoms with Gasteiger partial charge in [0.15, 0.2) is 11.5 Å². The predicted molar refractivity (Wildman–Crippen MR) is 75.2 cm³/mol. The summed E-state index contributed by atoms with van der Waals surface area (Å²) in [6.07, 6.45) is 3.18. The standard InChI is InChI=1S/C13H17N7/c1-13(2,7-14)20-5-3-19(4-6-20)12-10-11(16-8-15-10)17-9-18-12/h8-9H,3-6H2,1-2H3,(H,15,16,17,18). The van der Waals surface area contributed by atoms with Gasteiger partial charge in [0.1, 0.15) is 17.4 Å². The first-order chi connectivity index (χ1) is 9.62. The second-order valence-corrected chi connectivity index (χ2v) is 5.44. The molecule has 0 radical (unpaired) electrons. The number of nitrogens with one attached hydrogen (secondary N) is 1. The van der Waals surface area contributed by atoms with Crippen molar-refractivity contribution in [2.75, 3.05) is 31.1 Å². The molecule has 104 valence electrons. The maximum Gasteiger partial charge on any atom is 0.182 e. The molecule has 3 heterocycles. The molecule has 7 heteroatoms. The number of piperazine rings is 1. The lowest BCUT2D eigenvalue weighted by Crippen LogP contribution is -2.54. The van der Waals surface area contributed by atoms with Gasteiger partial charge in [0.05, 0.1) is 12.4 Å². The highest BCUT2D eigenvalue weighted by atomic mass is 15.3. The van der Waals surface area contributed by atoms with Gasteiger partial charge in [-0.3, -0.25) is 4.90 Å². The molecule has 1 N–H and O–H groups in total. The van der Waals surface area contributed by atoms with E-state index < -0.39 is 5.54 Å². The number of anilines is 1. The van der Waals surface area contributed by atoms with Crippen molar-refractivity contribution in [3.8, 4) is 6.07 Å². The van der Waals surface area contributed by atoms with Crippen molar-refractivity contribution in [2.45, 2.75) is 19.4 Å². The average Bonchev–Trinajstić information content (AvgIpc) is 2.95. The summed E-state index contributed by atoms with van der Waals surface area (Å²) < 4.78 is 0. The Morgan fingerprint density at radius 1 is 1.20 bits per heavy atom. The number of hydrogen-bond acceptors (Lipinski definition) is 6. The minimum atomic E-state index is -0.416. The summed E-state index contributed by atoms with van der Waals surface area (Å²) in [7, 11) is 0. The van der Waals surface area contributed by atoms with Gasteiger partial charge in [-0.2, -0.15) is 5.26 Å². The molecule has 0 saturated carbocycles. The van der Waals surface area contributed by atoms with Crippen molar-refractivity contribution in [1.29, 1.82) is 5.26 Å². The third-order valence-electron chi connectivity index (χ3n) is 3.85. The van der Waals surface area contributed by atoms with Crippen molar-refractivity contribution in [3.63, 3.8) is 0 Å². The zero-order valence-corrected chi connectivity index (χ0v) is 11.7. The van der Waals surface area contributed by atoms with Gasteiger partial charge in [0, 0.05) is 26.2 Å². The van der Waals surface area contributed by atoms with Crippen LogP contribution in [0.4, 0.5) is 5.82 Å². The molecule has 0 atom stereocenters. The van der Waals surface area contributed by atoms with E-state index in [1.165, 1.54) is 0 Å². The third-order valence-corrected chi connectivity index (χ3v) is 3.85. The zero-order valence-electron chi connectivity index (χ0n) is 11.7. The van der Waals surface area contributed by atoms with Crippen LogP contribution in [-0.4, -0.2) is 56.6 Å². The molecule has 3 rings (SSSR count). The van der Waals surface area contributed by atoms with Crippen LogP contribution in [0.1, 0.15) is 13.8 Å². The number of nitriles is 1. The van der Waals surface area contributed by atoms with E-state index in [9.17, 15) is 5.26 Å². The molecule has 1 aliphatic rings. The van der Waals surface area contributed by atoms with Crippen molar-refractivity contribution in [3.05, 3.63) is 12.7 Å². The molecule has 0 amide bonds. The predicted octanol–water partition coefficient (Wildman–Crippen LogP) is 0.777. The molecule has 0 aromatic carbocycles. The van der Waals surface area contributed by atoms with Gasteiger partial charge in [0.2, 0.25) is 0 Å². The zero-order chi connectivity index (χ0) is 14.2. The molecule has 1 fully saturated rings. The Morgan fingerprint density at radius 2 is 1.95 bits per heavy atom. The molecule has 20 heavy (non-hydrogen) atoms. The van der Waals surface area contributed by atoms with E-state index in [0.29, 0.717) is 5.65 Å². The summed E-state index contributed by atoms with van der Waals surface area (Å²) >= 11 is 0. The summed E-state index contributed by atoms with van der Waals surface area (Å²) in [5, 5.41) is 9.20. The minimum Gasteiger partial charge on any atom is -0.352 e. The number of imidazole rings is 1. The van der Waals surface area contributed by atoms with Crippen molar-refractivity contribution in [1.82, 2.24) is 24.8 Å². The van der Waals surface area contributed by atoms with Gasteiger partial charge in [-0.1, -0.05) is 0 Å². The number of nitrogens with zero attached hydrogens (tertiary/aromatic N) is 6. The highest BCUT2D eigenvalue weighted by molar-refractivity contribution is 5.82. The lowest BCUT2D eigenvalue weighted by molar-refractivity contribution is 0.158. The lowest BCUT2D eigenvalue weighted by atomic mass is 10.0. The Hall–Kier alpha value is -2.20. The fourth-order valence-corrected chi connectivity index (χ4v) is 2.54. The van der Waals surface area contributed by atoms with Gasteiger partial charge in [-0.25, -0.2) is 15.0 Å². The van der Waals surface area contributed by atoms with Crippen LogP contribution in [0.15, 0.2) is 12.7 Å². The van der Waals surface area contributed by atoms with Gasteiger partial charge in [-0.05, 0) is 13.8 Å². The van der Waals surface area contributed by atoms with Crippen LogP contribution >= 0.6 is 0 Å². The third kappa shape index (κ3) is 2.08. The molecule has 2 aromatic heterocycles. The normalized spacial score (nSPS) is 17.4. The van der Waals surface area contributed by atoms with Crippen LogP contribution in [0.2, 0.25) is 0 Å². The van der Waals surface area contributed by atoms with Gasteiger partial charge in [0.25, 0.3) is 0 Å². The summed E-state index contributed by atoms with van der Waals surface area (Å²) in [5.41, 5.74) is 1.15. The summed E-state index contributed by atoms with van der Waals surface area (Å²) in [4.78, 5) is 20.2. The molecule has 0 unspecified atom stereocenters. The average molecular weight is 271 g/mol. The number of H-pyrrole nitrogens is 1. The maximum absolute atomic E-state index is 9.20. The molecule has 2 aromatic rings. The van der Waals surface area contributed by atoms with E-state index in [2.05, 4.69) is 35.8 Å². The molecular formula is C13H17N7. The topological polar surface area (TPSA) is 84.7 Å². The number of aromatic amines is 1. The summed E-state index contributed by atoms with van der Waals surface area (Å²) in [6, 6.07) is 2.36. The van der Waals surface area contributed by atoms with E-state index in [4.69, 9.17) is 0 Å². The largest absolute Gasteiger partial charge is 0.352 e. The van der Waals surface area contributed by atoms with Crippen LogP contribution < -0.4 is 4.90 Å². The van der Waals surface area contributed by atoms with Crippen molar-refractivity contribution >= 4 is 17.0 Å². The van der Waals surface area contributed by atoms with E-state index in [1.54, 1.807) is 12.7 Å². The first-order valence-corrected chi connectivity index (χ1v) is 6.67. The van der Waals surface area contributed by atoms with E-state index in [-0.39, 0.29) is 0 Å². The Labute approximate surface area is 117 Å². The summed E-state index contributed by atoms with van der Waals surface area (Å²) in [5.74, 6) is 0.891. The Kier molecular flexibility index (Phi) is 3.03. The molecule has 0 spiro atoms. The minimum absolute atomic E-state index is 0.416. The van der Waals surface area contributed by atoms with Crippen LogP contribution in [0, 0.1) is 11.3 Å². The fraction of sp³-hybridized carbons (Fsp3) is 0.538. The molecule has 7 nitrogen and oxygen atoms in total. The van der Waals surface area contributed by atoms with Crippen LogP contribution in [0.5, 0.6) is 0 Å². The summed E-state index contributed by atoms with van der Waals surface area (Å²) in [6.45, 7) is 7.30. The molecule has 1 saturated heterocycles. The lowest BCUT2D eigenvalue weighted by Gasteiger charge is -2.40. The smallest absolute Gasteiger partial charge is 0.182 e. The fourth-order valence-electron chi connectivity index (χ4n) is 2.54. The van der Waals surface area contributed by atoms with Crippen LogP contribution in [-0.2, 0) is 0 Å². The number of aromatic nitrogens is 4. The number of rotatable bonds is 2. The van der Waals surface area contributed by atoms with E-state index >= 15 is 0 Å². The maximum atomic E-state index is 9.20.